The van der Waals surface area contributed by atoms with E-state index in [9.17, 15) is 14.4 Å². The topological polar surface area (TPSA) is 78.5 Å². The summed E-state index contributed by atoms with van der Waals surface area (Å²) in [4.78, 5) is 37.3. The van der Waals surface area contributed by atoms with Crippen LogP contribution in [0.15, 0.2) is 42.5 Å². The first-order chi connectivity index (χ1) is 11.8. The van der Waals surface area contributed by atoms with Crippen molar-refractivity contribution in [1.29, 1.82) is 0 Å². The number of imide groups is 1. The second kappa shape index (κ2) is 6.20. The van der Waals surface area contributed by atoms with Gasteiger partial charge < -0.3 is 10.6 Å². The molecule has 2 aromatic rings. The Balaban J connectivity index is 1.73. The Bertz CT molecular complexity index is 855. The lowest BCUT2D eigenvalue weighted by atomic mass is 10.00. The predicted molar refractivity (Wildman–Crippen MR) is 94.8 cm³/mol. The summed E-state index contributed by atoms with van der Waals surface area (Å²) in [5.41, 5.74) is 0.0162. The first kappa shape index (κ1) is 17.0. The van der Waals surface area contributed by atoms with E-state index in [1.807, 2.05) is 49.4 Å². The lowest BCUT2D eigenvalue weighted by molar-refractivity contribution is -0.134. The fourth-order valence-electron chi connectivity index (χ4n) is 3.10. The van der Waals surface area contributed by atoms with E-state index < -0.39 is 17.5 Å². The van der Waals surface area contributed by atoms with Gasteiger partial charge in [-0.15, -0.1) is 0 Å². The molecule has 0 aromatic heterocycles. The van der Waals surface area contributed by atoms with Crippen LogP contribution >= 0.6 is 0 Å². The maximum absolute atomic E-state index is 12.3. The van der Waals surface area contributed by atoms with Crippen molar-refractivity contribution in [3.8, 4) is 0 Å². The number of carbonyl (C=O) groups excluding carboxylic acids is 3. The maximum Gasteiger partial charge on any atom is 0.325 e. The fourth-order valence-corrected chi connectivity index (χ4v) is 3.10. The SMILES string of the molecule is C[C@@H](NC(=O)CN1C(=O)NC(C)(C)C1=O)c1cccc2ccccc12. The Morgan fingerprint density at radius 2 is 1.84 bits per heavy atom. The Hall–Kier alpha value is -2.89. The molecule has 4 amide bonds. The minimum Gasteiger partial charge on any atom is -0.348 e. The van der Waals surface area contributed by atoms with Crippen molar-refractivity contribution in [3.05, 3.63) is 48.0 Å². The standard InChI is InChI=1S/C19H21N3O3/c1-12(14-10-6-8-13-7-4-5-9-15(13)14)20-16(23)11-22-17(24)19(2,3)21-18(22)25/h4-10,12H,11H2,1-3H3,(H,20,23)(H,21,25)/t12-/m1/s1. The van der Waals surface area contributed by atoms with Crippen LogP contribution in [0.3, 0.4) is 0 Å². The van der Waals surface area contributed by atoms with Gasteiger partial charge in [0.2, 0.25) is 5.91 Å². The summed E-state index contributed by atoms with van der Waals surface area (Å²) in [6.45, 7) is 4.83. The van der Waals surface area contributed by atoms with E-state index in [0.29, 0.717) is 0 Å². The minimum absolute atomic E-state index is 0.243. The molecule has 3 rings (SSSR count). The molecule has 0 bridgehead atoms. The zero-order chi connectivity index (χ0) is 18.2. The van der Waals surface area contributed by atoms with Crippen molar-refractivity contribution in [2.45, 2.75) is 32.4 Å². The third-order valence-electron chi connectivity index (χ3n) is 4.41. The molecule has 1 atom stereocenters. The zero-order valence-electron chi connectivity index (χ0n) is 14.5. The third-order valence-corrected chi connectivity index (χ3v) is 4.41. The number of urea groups is 1. The highest BCUT2D eigenvalue weighted by molar-refractivity contribution is 6.08. The number of rotatable bonds is 4. The highest BCUT2D eigenvalue weighted by Gasteiger charge is 2.44. The van der Waals surface area contributed by atoms with Crippen LogP contribution in [-0.4, -0.2) is 34.8 Å². The molecule has 1 saturated heterocycles. The van der Waals surface area contributed by atoms with Gasteiger partial charge >= 0.3 is 6.03 Å². The van der Waals surface area contributed by atoms with E-state index in [0.717, 1.165) is 21.2 Å². The molecule has 25 heavy (non-hydrogen) atoms. The lowest BCUT2D eigenvalue weighted by Gasteiger charge is -2.19. The molecule has 1 fully saturated rings. The number of benzene rings is 2. The monoisotopic (exact) mass is 339 g/mol. The minimum atomic E-state index is -0.974. The van der Waals surface area contributed by atoms with E-state index in [1.54, 1.807) is 13.8 Å². The second-order valence-corrected chi connectivity index (χ2v) is 6.80. The molecule has 0 radical (unpaired) electrons. The van der Waals surface area contributed by atoms with E-state index in [-0.39, 0.29) is 18.5 Å². The molecule has 0 aliphatic carbocycles. The number of amides is 4. The smallest absolute Gasteiger partial charge is 0.325 e. The van der Waals surface area contributed by atoms with Crippen LogP contribution in [0.2, 0.25) is 0 Å². The van der Waals surface area contributed by atoms with Crippen molar-refractivity contribution < 1.29 is 14.4 Å². The summed E-state index contributed by atoms with van der Waals surface area (Å²) in [7, 11) is 0. The molecule has 6 heteroatoms. The van der Waals surface area contributed by atoms with Gasteiger partial charge in [-0.3, -0.25) is 14.5 Å². The zero-order valence-corrected chi connectivity index (χ0v) is 14.5. The molecule has 6 nitrogen and oxygen atoms in total. The molecule has 0 unspecified atom stereocenters. The van der Waals surface area contributed by atoms with Gasteiger partial charge in [0.15, 0.2) is 0 Å². The predicted octanol–water partition coefficient (Wildman–Crippen LogP) is 2.35. The van der Waals surface area contributed by atoms with Crippen LogP contribution in [0.25, 0.3) is 10.8 Å². The second-order valence-electron chi connectivity index (χ2n) is 6.80. The van der Waals surface area contributed by atoms with E-state index in [4.69, 9.17) is 0 Å². The molecule has 1 aliphatic heterocycles. The van der Waals surface area contributed by atoms with Crippen LogP contribution in [0, 0.1) is 0 Å². The van der Waals surface area contributed by atoms with E-state index in [1.165, 1.54) is 0 Å². The van der Waals surface area contributed by atoms with E-state index >= 15 is 0 Å². The first-order valence-electron chi connectivity index (χ1n) is 8.21. The third kappa shape index (κ3) is 3.20. The summed E-state index contributed by atoms with van der Waals surface area (Å²) in [6.07, 6.45) is 0. The van der Waals surface area contributed by atoms with Crippen molar-refractivity contribution in [2.24, 2.45) is 0 Å². The molecule has 0 spiro atoms. The normalized spacial score (nSPS) is 17.5. The Morgan fingerprint density at radius 3 is 2.52 bits per heavy atom. The van der Waals surface area contributed by atoms with Gasteiger partial charge in [-0.2, -0.15) is 0 Å². The van der Waals surface area contributed by atoms with Gasteiger partial charge in [0.05, 0.1) is 6.04 Å². The van der Waals surface area contributed by atoms with Crippen LogP contribution in [0.5, 0.6) is 0 Å². The van der Waals surface area contributed by atoms with E-state index in [2.05, 4.69) is 10.6 Å². The van der Waals surface area contributed by atoms with Gasteiger partial charge in [-0.05, 0) is 37.1 Å². The molecule has 1 heterocycles. The van der Waals surface area contributed by atoms with Gasteiger partial charge in [-0.25, -0.2) is 4.79 Å². The molecule has 1 aliphatic rings. The average Bonchev–Trinajstić information content (AvgIpc) is 2.76. The molecular formula is C19H21N3O3. The molecule has 2 aromatic carbocycles. The van der Waals surface area contributed by atoms with Crippen LogP contribution in [0.4, 0.5) is 4.79 Å². The van der Waals surface area contributed by atoms with Crippen molar-refractivity contribution >= 4 is 28.6 Å². The van der Waals surface area contributed by atoms with Crippen molar-refractivity contribution in [3.63, 3.8) is 0 Å². The largest absolute Gasteiger partial charge is 0.348 e. The van der Waals surface area contributed by atoms with Crippen LogP contribution in [0.1, 0.15) is 32.4 Å². The highest BCUT2D eigenvalue weighted by Crippen LogP contribution is 2.24. The number of fused-ring (bicyclic) bond motifs is 1. The highest BCUT2D eigenvalue weighted by atomic mass is 16.2. The Morgan fingerprint density at radius 1 is 1.16 bits per heavy atom. The van der Waals surface area contributed by atoms with Gasteiger partial charge in [0.1, 0.15) is 12.1 Å². The van der Waals surface area contributed by atoms with Crippen molar-refractivity contribution in [1.82, 2.24) is 15.5 Å². The molecule has 2 N–H and O–H groups in total. The first-order valence-corrected chi connectivity index (χ1v) is 8.21. The number of carbonyl (C=O) groups is 3. The maximum atomic E-state index is 12.3. The number of nitrogens with zero attached hydrogens (tertiary/aromatic N) is 1. The molecule has 0 saturated carbocycles. The lowest BCUT2D eigenvalue weighted by Crippen LogP contribution is -2.43. The summed E-state index contributed by atoms with van der Waals surface area (Å²) in [6, 6.07) is 13.1. The summed E-state index contributed by atoms with van der Waals surface area (Å²) >= 11 is 0. The van der Waals surface area contributed by atoms with Gasteiger partial charge in [0, 0.05) is 0 Å². The average molecular weight is 339 g/mol. The van der Waals surface area contributed by atoms with Gasteiger partial charge in [-0.1, -0.05) is 42.5 Å². The van der Waals surface area contributed by atoms with Crippen LogP contribution in [-0.2, 0) is 9.59 Å². The fraction of sp³-hybridized carbons (Fsp3) is 0.316. The van der Waals surface area contributed by atoms with Gasteiger partial charge in [0.25, 0.3) is 5.91 Å². The molecule has 130 valence electrons. The Labute approximate surface area is 146 Å². The summed E-state index contributed by atoms with van der Waals surface area (Å²) < 4.78 is 0. The Kier molecular flexibility index (Phi) is 4.20. The van der Waals surface area contributed by atoms with Crippen molar-refractivity contribution in [2.75, 3.05) is 6.54 Å². The van der Waals surface area contributed by atoms with Crippen LogP contribution < -0.4 is 10.6 Å². The quantitative estimate of drug-likeness (QED) is 0.839. The number of hydrogen-bond acceptors (Lipinski definition) is 3. The molecular weight excluding hydrogens is 318 g/mol. The summed E-state index contributed by atoms with van der Waals surface area (Å²) in [5.74, 6) is -0.771. The number of hydrogen-bond donors (Lipinski definition) is 2. The number of nitrogens with one attached hydrogen (secondary N) is 2. The summed E-state index contributed by atoms with van der Waals surface area (Å²) in [5, 5.41) is 7.59.